The molecule has 0 radical (unpaired) electrons. The van der Waals surface area contributed by atoms with E-state index in [-0.39, 0.29) is 17.8 Å². The number of anilines is 1. The van der Waals surface area contributed by atoms with Crippen molar-refractivity contribution >= 4 is 40.0 Å². The molecule has 1 amide bonds. The van der Waals surface area contributed by atoms with Crippen LogP contribution in [0.4, 0.5) is 5.00 Å². The first-order chi connectivity index (χ1) is 17.9. The fraction of sp³-hybridized carbons (Fsp3) is 0.481. The molecule has 0 aliphatic heterocycles. The molecule has 0 bridgehead atoms. The molecular formula is C27H34N4O4S2. The van der Waals surface area contributed by atoms with E-state index in [1.165, 1.54) is 40.6 Å². The van der Waals surface area contributed by atoms with Gasteiger partial charge in [-0.2, -0.15) is 0 Å². The van der Waals surface area contributed by atoms with Gasteiger partial charge in [-0.15, -0.1) is 21.5 Å². The van der Waals surface area contributed by atoms with Gasteiger partial charge in [-0.3, -0.25) is 4.79 Å². The van der Waals surface area contributed by atoms with E-state index in [9.17, 15) is 9.59 Å². The van der Waals surface area contributed by atoms with Gasteiger partial charge in [0.25, 0.3) is 0 Å². The minimum atomic E-state index is -0.393. The maximum atomic E-state index is 12.9. The Morgan fingerprint density at radius 1 is 1.14 bits per heavy atom. The summed E-state index contributed by atoms with van der Waals surface area (Å²) in [4.78, 5) is 26.6. The highest BCUT2D eigenvalue weighted by Crippen LogP contribution is 2.38. The lowest BCUT2D eigenvalue weighted by Gasteiger charge is -2.16. The normalized spacial score (nSPS) is 13.9. The summed E-state index contributed by atoms with van der Waals surface area (Å²) < 4.78 is 13.1. The molecule has 1 unspecified atom stereocenters. The van der Waals surface area contributed by atoms with Gasteiger partial charge in [-0.1, -0.05) is 37.2 Å². The molecule has 1 N–H and O–H groups in total. The Bertz CT molecular complexity index is 1240. The second-order valence-electron chi connectivity index (χ2n) is 8.94. The van der Waals surface area contributed by atoms with Crippen molar-refractivity contribution in [1.29, 1.82) is 0 Å². The van der Waals surface area contributed by atoms with Crippen molar-refractivity contribution in [3.63, 3.8) is 0 Å². The van der Waals surface area contributed by atoms with Crippen LogP contribution < -0.4 is 10.1 Å². The predicted octanol–water partition coefficient (Wildman–Crippen LogP) is 5.85. The van der Waals surface area contributed by atoms with Crippen molar-refractivity contribution < 1.29 is 19.1 Å². The number of thioether (sulfide) groups is 1. The minimum absolute atomic E-state index is 0.148. The topological polar surface area (TPSA) is 95.3 Å². The second-order valence-corrected chi connectivity index (χ2v) is 11.0. The molecule has 1 aliphatic rings. The van der Waals surface area contributed by atoms with Crippen LogP contribution in [0.2, 0.25) is 0 Å². The maximum Gasteiger partial charge on any atom is 0.341 e. The molecule has 1 aromatic carbocycles. The number of thiophene rings is 1. The molecule has 8 nitrogen and oxygen atoms in total. The summed E-state index contributed by atoms with van der Waals surface area (Å²) in [5.41, 5.74) is 2.80. The molecule has 2 heterocycles. The lowest BCUT2D eigenvalue weighted by atomic mass is 10.1. The van der Waals surface area contributed by atoms with Gasteiger partial charge < -0.3 is 19.4 Å². The third-order valence-corrected chi connectivity index (χ3v) is 8.64. The molecule has 1 aliphatic carbocycles. The summed E-state index contributed by atoms with van der Waals surface area (Å²) in [7, 11) is 1.38. The van der Waals surface area contributed by atoms with Crippen LogP contribution in [0, 0.1) is 0 Å². The minimum Gasteiger partial charge on any atom is -0.483 e. The monoisotopic (exact) mass is 542 g/mol. The summed E-state index contributed by atoms with van der Waals surface area (Å²) >= 11 is 2.81. The molecular weight excluding hydrogens is 508 g/mol. The Morgan fingerprint density at radius 3 is 2.59 bits per heavy atom. The molecule has 1 atom stereocenters. The van der Waals surface area contributed by atoms with Gasteiger partial charge >= 0.3 is 5.97 Å². The average Bonchev–Trinajstić information content (AvgIpc) is 3.40. The zero-order chi connectivity index (χ0) is 26.4. The number of carbonyl (C=O) groups is 2. The van der Waals surface area contributed by atoms with Crippen LogP contribution in [0.3, 0.4) is 0 Å². The van der Waals surface area contributed by atoms with Crippen LogP contribution in [0.5, 0.6) is 5.75 Å². The largest absolute Gasteiger partial charge is 0.483 e. The zero-order valence-corrected chi connectivity index (χ0v) is 23.5. The molecule has 10 heteroatoms. The molecule has 0 saturated heterocycles. The molecule has 37 heavy (non-hydrogen) atoms. The van der Waals surface area contributed by atoms with Gasteiger partial charge in [-0.25, -0.2) is 4.79 Å². The number of amides is 1. The molecule has 0 fully saturated rings. The van der Waals surface area contributed by atoms with Crippen LogP contribution in [-0.4, -0.2) is 39.5 Å². The van der Waals surface area contributed by atoms with Gasteiger partial charge in [0, 0.05) is 11.4 Å². The van der Waals surface area contributed by atoms with Gasteiger partial charge in [0.05, 0.1) is 18.4 Å². The maximum absolute atomic E-state index is 12.9. The van der Waals surface area contributed by atoms with Crippen LogP contribution in [0.15, 0.2) is 29.4 Å². The van der Waals surface area contributed by atoms with Gasteiger partial charge in [0.15, 0.2) is 17.1 Å². The molecule has 2 aromatic heterocycles. The molecule has 198 valence electrons. The van der Waals surface area contributed by atoms with E-state index in [2.05, 4.69) is 34.6 Å². The number of hydrogen-bond acceptors (Lipinski definition) is 8. The first-order valence-electron chi connectivity index (χ1n) is 12.8. The molecule has 3 aromatic rings. The summed E-state index contributed by atoms with van der Waals surface area (Å²) in [6, 6.07) is 8.05. The van der Waals surface area contributed by atoms with Crippen molar-refractivity contribution in [2.75, 3.05) is 18.2 Å². The molecule has 0 spiro atoms. The fourth-order valence-corrected chi connectivity index (χ4v) is 6.61. The lowest BCUT2D eigenvalue weighted by molar-refractivity contribution is -0.113. The average molecular weight is 543 g/mol. The van der Waals surface area contributed by atoms with E-state index in [0.717, 1.165) is 49.8 Å². The van der Waals surface area contributed by atoms with Gasteiger partial charge in [-0.05, 0) is 69.2 Å². The highest BCUT2D eigenvalue weighted by atomic mass is 32.2. The number of hydrogen-bond donors (Lipinski definition) is 1. The Hall–Kier alpha value is -2.85. The number of nitrogens with one attached hydrogen (secondary N) is 1. The van der Waals surface area contributed by atoms with Crippen molar-refractivity contribution in [2.45, 2.75) is 77.1 Å². The first-order valence-corrected chi connectivity index (χ1v) is 14.6. The van der Waals surface area contributed by atoms with Gasteiger partial charge in [0.2, 0.25) is 5.91 Å². The fourth-order valence-electron chi connectivity index (χ4n) is 4.51. The Balaban J connectivity index is 1.42. The third-order valence-electron chi connectivity index (χ3n) is 6.47. The summed E-state index contributed by atoms with van der Waals surface area (Å²) in [5, 5.41) is 12.9. The van der Waals surface area contributed by atoms with Gasteiger partial charge in [0.1, 0.15) is 10.8 Å². The number of rotatable bonds is 10. The number of fused-ring (bicyclic) bond motifs is 1. The molecule has 0 saturated carbocycles. The van der Waals surface area contributed by atoms with Crippen LogP contribution in [-0.2, 0) is 35.3 Å². The number of esters is 1. The van der Waals surface area contributed by atoms with Crippen LogP contribution >= 0.6 is 23.1 Å². The van der Waals surface area contributed by atoms with E-state index < -0.39 is 5.97 Å². The highest BCUT2D eigenvalue weighted by Gasteiger charge is 2.26. The Labute approximate surface area is 226 Å². The van der Waals surface area contributed by atoms with Crippen LogP contribution in [0.1, 0.15) is 78.3 Å². The Kier molecular flexibility index (Phi) is 9.26. The quantitative estimate of drug-likeness (QED) is 0.195. The lowest BCUT2D eigenvalue weighted by Crippen LogP contribution is -2.17. The number of carbonyl (C=O) groups excluding carboxylic acids is 2. The van der Waals surface area contributed by atoms with E-state index >= 15 is 0 Å². The number of benzene rings is 1. The van der Waals surface area contributed by atoms with E-state index in [1.54, 1.807) is 0 Å². The first kappa shape index (κ1) is 27.2. The Morgan fingerprint density at radius 2 is 1.89 bits per heavy atom. The number of aryl methyl sites for hydroxylation is 2. The highest BCUT2D eigenvalue weighted by molar-refractivity contribution is 7.99. The van der Waals surface area contributed by atoms with Crippen molar-refractivity contribution in [1.82, 2.24) is 14.8 Å². The number of aromatic nitrogens is 3. The van der Waals surface area contributed by atoms with Crippen molar-refractivity contribution in [2.24, 2.45) is 0 Å². The standard InChI is InChI=1S/C27H34N4O4S2/c1-5-18-12-14-19(15-13-18)35-17(3)24-29-30-27(31(24)6-2)36-16-22(32)28-25-23(26(33)34-4)20-10-8-7-9-11-21(20)37-25/h12-15,17H,5-11,16H2,1-4H3,(H,28,32). The zero-order valence-electron chi connectivity index (χ0n) is 21.8. The van der Waals surface area contributed by atoms with E-state index in [4.69, 9.17) is 9.47 Å². The summed E-state index contributed by atoms with van der Waals surface area (Å²) in [6.45, 7) is 6.73. The van der Waals surface area contributed by atoms with Crippen molar-refractivity contribution in [3.8, 4) is 5.75 Å². The van der Waals surface area contributed by atoms with E-state index in [1.807, 2.05) is 30.5 Å². The summed E-state index contributed by atoms with van der Waals surface area (Å²) in [6.07, 6.45) is 5.73. The summed E-state index contributed by atoms with van der Waals surface area (Å²) in [5.74, 6) is 1.05. The smallest absolute Gasteiger partial charge is 0.341 e. The molecule has 4 rings (SSSR count). The van der Waals surface area contributed by atoms with Crippen molar-refractivity contribution in [3.05, 3.63) is 51.7 Å². The van der Waals surface area contributed by atoms with Crippen LogP contribution in [0.25, 0.3) is 0 Å². The third kappa shape index (κ3) is 6.35. The van der Waals surface area contributed by atoms with E-state index in [0.29, 0.717) is 28.1 Å². The second kappa shape index (κ2) is 12.6. The number of ether oxygens (including phenoxy) is 2. The number of methoxy groups -OCH3 is 1. The number of nitrogens with zero attached hydrogens (tertiary/aromatic N) is 3. The predicted molar refractivity (Wildman–Crippen MR) is 147 cm³/mol. The SMILES string of the molecule is CCc1ccc(OC(C)c2nnc(SCC(=O)Nc3sc4c(c3C(=O)OC)CCCCC4)n2CC)cc1.